The molecule has 0 amide bonds. The van der Waals surface area contributed by atoms with Gasteiger partial charge in [0.05, 0.1) is 25.0 Å². The van der Waals surface area contributed by atoms with Gasteiger partial charge >= 0.3 is 11.9 Å². The summed E-state index contributed by atoms with van der Waals surface area (Å²) in [5.74, 6) is -12.3. The SMILES string of the molecule is CCCCCCCCCCCCCCOC(=O)CCC(=O)OCc1c(F)c(F)c(F)c(F)c1F. The van der Waals surface area contributed by atoms with Gasteiger partial charge in [0.15, 0.2) is 23.3 Å². The normalized spacial score (nSPS) is 11.0. The first kappa shape index (κ1) is 29.8. The third kappa shape index (κ3) is 11.3. The highest BCUT2D eigenvalue weighted by Gasteiger charge is 2.26. The summed E-state index contributed by atoms with van der Waals surface area (Å²) in [5.41, 5.74) is -1.25. The van der Waals surface area contributed by atoms with Crippen molar-refractivity contribution >= 4 is 11.9 Å². The van der Waals surface area contributed by atoms with Gasteiger partial charge in [-0.25, -0.2) is 22.0 Å². The summed E-state index contributed by atoms with van der Waals surface area (Å²) in [5, 5.41) is 0. The van der Waals surface area contributed by atoms with Gasteiger partial charge in [-0.2, -0.15) is 0 Å². The number of carbonyl (C=O) groups excluding carboxylic acids is 2. The van der Waals surface area contributed by atoms with E-state index < -0.39 is 59.6 Å². The van der Waals surface area contributed by atoms with Crippen molar-refractivity contribution in [3.63, 3.8) is 0 Å². The number of hydrogen-bond acceptors (Lipinski definition) is 4. The molecule has 0 heterocycles. The number of hydrogen-bond donors (Lipinski definition) is 0. The topological polar surface area (TPSA) is 52.6 Å². The second-order valence-electron chi connectivity index (χ2n) is 8.32. The van der Waals surface area contributed by atoms with Crippen LogP contribution in [0.5, 0.6) is 0 Å². The van der Waals surface area contributed by atoms with Crippen LogP contribution in [0.15, 0.2) is 0 Å². The quantitative estimate of drug-likeness (QED) is 0.0699. The van der Waals surface area contributed by atoms with Crippen LogP contribution >= 0.6 is 0 Å². The van der Waals surface area contributed by atoms with Crippen molar-refractivity contribution in [3.05, 3.63) is 34.6 Å². The zero-order valence-electron chi connectivity index (χ0n) is 19.8. The summed E-state index contributed by atoms with van der Waals surface area (Å²) in [7, 11) is 0. The molecule has 0 saturated heterocycles. The molecule has 4 nitrogen and oxygen atoms in total. The maximum Gasteiger partial charge on any atom is 0.306 e. The van der Waals surface area contributed by atoms with Crippen molar-refractivity contribution in [1.82, 2.24) is 0 Å². The van der Waals surface area contributed by atoms with Crippen LogP contribution in [-0.4, -0.2) is 18.5 Å². The van der Waals surface area contributed by atoms with E-state index in [1.807, 2.05) is 0 Å². The average Bonchev–Trinajstić information content (AvgIpc) is 2.83. The van der Waals surface area contributed by atoms with Crippen molar-refractivity contribution in [2.24, 2.45) is 0 Å². The standard InChI is InChI=1S/C25H35F5O4/c1-2-3-4-5-6-7-8-9-10-11-12-13-16-33-19(31)14-15-20(32)34-17-18-21(26)23(28)25(30)24(29)22(18)27/h2-17H2,1H3. The van der Waals surface area contributed by atoms with E-state index in [-0.39, 0.29) is 13.0 Å². The average molecular weight is 495 g/mol. The fourth-order valence-electron chi connectivity index (χ4n) is 3.41. The molecular weight excluding hydrogens is 459 g/mol. The highest BCUT2D eigenvalue weighted by molar-refractivity contribution is 5.77. The molecule has 0 spiro atoms. The Morgan fingerprint density at radius 1 is 0.559 bits per heavy atom. The van der Waals surface area contributed by atoms with Crippen LogP contribution in [0.1, 0.15) is 102 Å². The monoisotopic (exact) mass is 494 g/mol. The Hall–Kier alpha value is -2.19. The number of halogens is 5. The van der Waals surface area contributed by atoms with Crippen LogP contribution in [-0.2, 0) is 25.7 Å². The molecule has 0 aromatic heterocycles. The molecule has 1 rings (SSSR count). The van der Waals surface area contributed by atoms with Gasteiger partial charge in [0.1, 0.15) is 6.61 Å². The van der Waals surface area contributed by atoms with Gasteiger partial charge in [-0.1, -0.05) is 77.6 Å². The number of rotatable bonds is 18. The van der Waals surface area contributed by atoms with Crippen molar-refractivity contribution in [2.45, 2.75) is 103 Å². The summed E-state index contributed by atoms with van der Waals surface area (Å²) < 4.78 is 75.9. The van der Waals surface area contributed by atoms with E-state index >= 15 is 0 Å². The first-order valence-corrected chi connectivity index (χ1v) is 12.1. The van der Waals surface area contributed by atoms with Crippen LogP contribution in [0.4, 0.5) is 22.0 Å². The Morgan fingerprint density at radius 2 is 0.941 bits per heavy atom. The summed E-state index contributed by atoms with van der Waals surface area (Å²) in [6, 6.07) is 0. The summed E-state index contributed by atoms with van der Waals surface area (Å²) in [6.45, 7) is 1.30. The van der Waals surface area contributed by atoms with Gasteiger partial charge in [0, 0.05) is 0 Å². The van der Waals surface area contributed by atoms with Gasteiger partial charge in [-0.15, -0.1) is 0 Å². The molecule has 34 heavy (non-hydrogen) atoms. The minimum atomic E-state index is -2.29. The highest BCUT2D eigenvalue weighted by Crippen LogP contribution is 2.23. The molecule has 0 aliphatic heterocycles. The lowest BCUT2D eigenvalue weighted by Crippen LogP contribution is -2.13. The Balaban J connectivity index is 2.08. The number of unbranched alkanes of at least 4 members (excludes halogenated alkanes) is 11. The van der Waals surface area contributed by atoms with Crippen molar-refractivity contribution in [1.29, 1.82) is 0 Å². The van der Waals surface area contributed by atoms with E-state index in [1.54, 1.807) is 0 Å². The molecule has 9 heteroatoms. The van der Waals surface area contributed by atoms with Crippen molar-refractivity contribution in [2.75, 3.05) is 6.61 Å². The van der Waals surface area contributed by atoms with Gasteiger partial charge in [0.25, 0.3) is 0 Å². The molecule has 0 fully saturated rings. The Labute approximate surface area is 198 Å². The Bertz CT molecular complexity index is 741. The van der Waals surface area contributed by atoms with Gasteiger partial charge in [0.2, 0.25) is 5.82 Å². The summed E-state index contributed by atoms with van der Waals surface area (Å²) in [4.78, 5) is 23.3. The minimum absolute atomic E-state index is 0.232. The summed E-state index contributed by atoms with van der Waals surface area (Å²) in [6.07, 6.45) is 13.4. The largest absolute Gasteiger partial charge is 0.466 e. The molecule has 0 radical (unpaired) electrons. The highest BCUT2D eigenvalue weighted by atomic mass is 19.2. The lowest BCUT2D eigenvalue weighted by Gasteiger charge is -2.09. The molecule has 0 N–H and O–H groups in total. The minimum Gasteiger partial charge on any atom is -0.466 e. The van der Waals surface area contributed by atoms with E-state index in [0.717, 1.165) is 19.3 Å². The molecule has 1 aromatic carbocycles. The maximum atomic E-state index is 13.5. The smallest absolute Gasteiger partial charge is 0.306 e. The second-order valence-corrected chi connectivity index (χ2v) is 8.32. The van der Waals surface area contributed by atoms with Gasteiger partial charge in [-0.3, -0.25) is 9.59 Å². The van der Waals surface area contributed by atoms with E-state index in [4.69, 9.17) is 4.74 Å². The predicted molar refractivity (Wildman–Crippen MR) is 117 cm³/mol. The molecule has 194 valence electrons. The van der Waals surface area contributed by atoms with Crippen molar-refractivity contribution < 1.29 is 41.0 Å². The van der Waals surface area contributed by atoms with Gasteiger partial charge in [-0.05, 0) is 6.42 Å². The van der Waals surface area contributed by atoms with Gasteiger partial charge < -0.3 is 9.47 Å². The van der Waals surface area contributed by atoms with Crippen LogP contribution in [0.3, 0.4) is 0 Å². The molecule has 0 saturated carbocycles. The number of benzene rings is 1. The van der Waals surface area contributed by atoms with E-state index in [0.29, 0.717) is 6.42 Å². The molecule has 1 aromatic rings. The maximum absolute atomic E-state index is 13.5. The number of ether oxygens (including phenoxy) is 2. The molecule has 0 aliphatic rings. The first-order valence-electron chi connectivity index (χ1n) is 12.1. The fourth-order valence-corrected chi connectivity index (χ4v) is 3.41. The Morgan fingerprint density at radius 3 is 1.41 bits per heavy atom. The zero-order valence-corrected chi connectivity index (χ0v) is 19.8. The molecule has 0 unspecified atom stereocenters. The molecule has 0 aliphatic carbocycles. The van der Waals surface area contributed by atoms with E-state index in [1.165, 1.54) is 51.4 Å². The molecule has 0 atom stereocenters. The number of esters is 2. The third-order valence-electron chi connectivity index (χ3n) is 5.47. The molecular formula is C25H35F5O4. The second kappa shape index (κ2) is 17.3. The Kier molecular flexibility index (Phi) is 15.2. The van der Waals surface area contributed by atoms with E-state index in [9.17, 15) is 31.5 Å². The lowest BCUT2D eigenvalue weighted by atomic mass is 10.1. The molecule has 0 bridgehead atoms. The van der Waals surface area contributed by atoms with Crippen LogP contribution in [0.25, 0.3) is 0 Å². The predicted octanol–water partition coefficient (Wildman–Crippen LogP) is 7.45. The van der Waals surface area contributed by atoms with Crippen LogP contribution < -0.4 is 0 Å². The van der Waals surface area contributed by atoms with E-state index in [2.05, 4.69) is 11.7 Å². The van der Waals surface area contributed by atoms with Crippen LogP contribution in [0, 0.1) is 29.1 Å². The lowest BCUT2D eigenvalue weighted by molar-refractivity contribution is -0.151. The van der Waals surface area contributed by atoms with Crippen molar-refractivity contribution in [3.8, 4) is 0 Å². The summed E-state index contributed by atoms with van der Waals surface area (Å²) >= 11 is 0. The fraction of sp³-hybridized carbons (Fsp3) is 0.680. The van der Waals surface area contributed by atoms with Crippen LogP contribution in [0.2, 0.25) is 0 Å². The third-order valence-corrected chi connectivity index (χ3v) is 5.47. The first-order chi connectivity index (χ1) is 16.3. The zero-order chi connectivity index (χ0) is 25.3. The number of carbonyl (C=O) groups is 2.